The number of ether oxygens (including phenoxy) is 1. The van der Waals surface area contributed by atoms with Gasteiger partial charge in [-0.25, -0.2) is 4.98 Å². The van der Waals surface area contributed by atoms with E-state index in [0.29, 0.717) is 29.3 Å². The minimum Gasteiger partial charge on any atom is -0.497 e. The van der Waals surface area contributed by atoms with Crippen LogP contribution in [0, 0.1) is 5.92 Å². The fourth-order valence-corrected chi connectivity index (χ4v) is 4.75. The van der Waals surface area contributed by atoms with Crippen molar-refractivity contribution in [1.82, 2.24) is 15.3 Å². The number of carbonyl (C=O) groups excluding carboxylic acids is 1. The topological polar surface area (TPSA) is 87.3 Å². The van der Waals surface area contributed by atoms with E-state index in [2.05, 4.69) is 10.3 Å². The first kappa shape index (κ1) is 20.4. The molecule has 30 heavy (non-hydrogen) atoms. The average molecular weight is 427 g/mol. The van der Waals surface area contributed by atoms with Crippen LogP contribution in [0.3, 0.4) is 0 Å². The molecule has 1 aliphatic heterocycles. The molecule has 3 aromatic rings. The number of hydrogen-bond acceptors (Lipinski definition) is 6. The van der Waals surface area contributed by atoms with E-state index in [-0.39, 0.29) is 17.4 Å². The Morgan fingerprint density at radius 1 is 1.43 bits per heavy atom. The third-order valence-corrected chi connectivity index (χ3v) is 6.40. The number of methoxy groups -OCH3 is 1. The Bertz CT molecular complexity index is 1110. The molecule has 1 aromatic carbocycles. The summed E-state index contributed by atoms with van der Waals surface area (Å²) in [4.78, 5) is 34.9. The van der Waals surface area contributed by atoms with E-state index in [9.17, 15) is 9.59 Å². The lowest BCUT2D eigenvalue weighted by Gasteiger charge is -2.32. The molecule has 1 unspecified atom stereocenters. The molecule has 7 nitrogen and oxygen atoms in total. The Kier molecular flexibility index (Phi) is 6.03. The maximum absolute atomic E-state index is 12.8. The van der Waals surface area contributed by atoms with Gasteiger partial charge in [-0.05, 0) is 37.0 Å². The van der Waals surface area contributed by atoms with Crippen molar-refractivity contribution >= 4 is 33.4 Å². The number of aromatic amines is 1. The maximum Gasteiger partial charge on any atom is 0.270 e. The third-order valence-electron chi connectivity index (χ3n) is 5.44. The number of H-pyrrole nitrogens is 1. The predicted octanol–water partition coefficient (Wildman–Crippen LogP) is 3.40. The lowest BCUT2D eigenvalue weighted by molar-refractivity contribution is -0.125. The Labute approximate surface area is 179 Å². The summed E-state index contributed by atoms with van der Waals surface area (Å²) in [6.07, 6.45) is 2.66. The SMILES string of the molecule is CCCNC(=O)C1CCCN(c2nc3c(-c4cccc(OC)c4)csc3c(=O)[nH]2)C1. The van der Waals surface area contributed by atoms with Crippen LogP contribution >= 0.6 is 11.3 Å². The molecule has 2 aromatic heterocycles. The van der Waals surface area contributed by atoms with Crippen LogP contribution in [-0.4, -0.2) is 42.6 Å². The molecule has 0 spiro atoms. The monoisotopic (exact) mass is 426 g/mol. The average Bonchev–Trinajstić information content (AvgIpc) is 3.22. The fourth-order valence-electron chi connectivity index (χ4n) is 3.84. The lowest BCUT2D eigenvalue weighted by atomic mass is 9.97. The number of benzene rings is 1. The molecule has 1 amide bonds. The highest BCUT2D eigenvalue weighted by Gasteiger charge is 2.27. The van der Waals surface area contributed by atoms with Crippen LogP contribution in [0.15, 0.2) is 34.4 Å². The Balaban J connectivity index is 1.67. The van der Waals surface area contributed by atoms with Crippen LogP contribution in [0.5, 0.6) is 5.75 Å². The van der Waals surface area contributed by atoms with Crippen molar-refractivity contribution in [3.63, 3.8) is 0 Å². The van der Waals surface area contributed by atoms with Crippen molar-refractivity contribution in [3.05, 3.63) is 40.0 Å². The zero-order chi connectivity index (χ0) is 21.1. The van der Waals surface area contributed by atoms with E-state index in [4.69, 9.17) is 9.72 Å². The van der Waals surface area contributed by atoms with E-state index in [1.165, 1.54) is 11.3 Å². The third kappa shape index (κ3) is 4.05. The van der Waals surface area contributed by atoms with Gasteiger partial charge in [0.15, 0.2) is 0 Å². The molecule has 1 atom stereocenters. The largest absolute Gasteiger partial charge is 0.497 e. The normalized spacial score (nSPS) is 16.6. The molecule has 1 saturated heterocycles. The van der Waals surface area contributed by atoms with Crippen molar-refractivity contribution in [2.75, 3.05) is 31.6 Å². The van der Waals surface area contributed by atoms with Gasteiger partial charge < -0.3 is 15.0 Å². The number of piperidine rings is 1. The van der Waals surface area contributed by atoms with Gasteiger partial charge >= 0.3 is 0 Å². The van der Waals surface area contributed by atoms with E-state index in [1.807, 2.05) is 41.5 Å². The van der Waals surface area contributed by atoms with E-state index < -0.39 is 0 Å². The van der Waals surface area contributed by atoms with Gasteiger partial charge in [0.2, 0.25) is 11.9 Å². The zero-order valence-corrected chi connectivity index (χ0v) is 18.1. The van der Waals surface area contributed by atoms with Crippen molar-refractivity contribution < 1.29 is 9.53 Å². The summed E-state index contributed by atoms with van der Waals surface area (Å²) in [5, 5.41) is 4.95. The van der Waals surface area contributed by atoms with Gasteiger partial charge in [-0.1, -0.05) is 19.1 Å². The lowest BCUT2D eigenvalue weighted by Crippen LogP contribution is -2.44. The number of amides is 1. The standard InChI is InChI=1S/C22H26N4O3S/c1-3-9-23-20(27)15-7-5-10-26(12-15)22-24-18-17(13-30-19(18)21(28)25-22)14-6-4-8-16(11-14)29-2/h4,6,8,11,13,15H,3,5,7,9-10,12H2,1-2H3,(H,23,27)(H,24,25,28). The number of carbonyl (C=O) groups is 1. The zero-order valence-electron chi connectivity index (χ0n) is 17.2. The molecule has 4 rings (SSSR count). The highest BCUT2D eigenvalue weighted by molar-refractivity contribution is 7.17. The second-order valence-corrected chi connectivity index (χ2v) is 8.40. The van der Waals surface area contributed by atoms with Gasteiger partial charge in [-0.3, -0.25) is 14.6 Å². The second-order valence-electron chi connectivity index (χ2n) is 7.52. The van der Waals surface area contributed by atoms with E-state index in [1.54, 1.807) is 7.11 Å². The van der Waals surface area contributed by atoms with Gasteiger partial charge in [0.1, 0.15) is 10.4 Å². The molecule has 0 saturated carbocycles. The van der Waals surface area contributed by atoms with Crippen LogP contribution in [0.4, 0.5) is 5.95 Å². The van der Waals surface area contributed by atoms with Gasteiger partial charge in [-0.15, -0.1) is 11.3 Å². The minimum absolute atomic E-state index is 0.0811. The summed E-state index contributed by atoms with van der Waals surface area (Å²) in [5.74, 6) is 1.28. The smallest absolute Gasteiger partial charge is 0.270 e. The molecule has 2 N–H and O–H groups in total. The van der Waals surface area contributed by atoms with Crippen LogP contribution < -0.4 is 20.5 Å². The van der Waals surface area contributed by atoms with Crippen molar-refractivity contribution in [2.24, 2.45) is 5.92 Å². The number of rotatable bonds is 6. The van der Waals surface area contributed by atoms with Gasteiger partial charge in [0.05, 0.1) is 18.5 Å². The van der Waals surface area contributed by atoms with E-state index >= 15 is 0 Å². The molecule has 1 fully saturated rings. The predicted molar refractivity (Wildman–Crippen MR) is 120 cm³/mol. The second kappa shape index (κ2) is 8.87. The summed E-state index contributed by atoms with van der Waals surface area (Å²) in [7, 11) is 1.63. The maximum atomic E-state index is 12.8. The number of hydrogen-bond donors (Lipinski definition) is 2. The van der Waals surface area contributed by atoms with Crippen molar-refractivity contribution in [1.29, 1.82) is 0 Å². The van der Waals surface area contributed by atoms with Crippen molar-refractivity contribution in [2.45, 2.75) is 26.2 Å². The van der Waals surface area contributed by atoms with Gasteiger partial charge in [-0.2, -0.15) is 0 Å². The first-order valence-corrected chi connectivity index (χ1v) is 11.2. The fraction of sp³-hybridized carbons (Fsp3) is 0.409. The van der Waals surface area contributed by atoms with Crippen molar-refractivity contribution in [3.8, 4) is 16.9 Å². The Morgan fingerprint density at radius 2 is 2.30 bits per heavy atom. The quantitative estimate of drug-likeness (QED) is 0.631. The molecule has 8 heteroatoms. The first-order chi connectivity index (χ1) is 14.6. The number of anilines is 1. The molecule has 0 bridgehead atoms. The molecule has 1 aliphatic rings. The number of fused-ring (bicyclic) bond motifs is 1. The Hall–Kier alpha value is -2.87. The number of nitrogens with zero attached hydrogens (tertiary/aromatic N) is 2. The summed E-state index contributed by atoms with van der Waals surface area (Å²) in [5.41, 5.74) is 2.41. The molecule has 158 valence electrons. The molecule has 3 heterocycles. The highest BCUT2D eigenvalue weighted by Crippen LogP contribution is 2.33. The number of thiophene rings is 1. The molecular formula is C22H26N4O3S. The molecule has 0 radical (unpaired) electrons. The molecule has 0 aliphatic carbocycles. The highest BCUT2D eigenvalue weighted by atomic mass is 32.1. The van der Waals surface area contributed by atoms with Crippen LogP contribution in [0.2, 0.25) is 0 Å². The van der Waals surface area contributed by atoms with Gasteiger partial charge in [0.25, 0.3) is 5.56 Å². The van der Waals surface area contributed by atoms with Crippen LogP contribution in [-0.2, 0) is 4.79 Å². The molecular weight excluding hydrogens is 400 g/mol. The number of aromatic nitrogens is 2. The summed E-state index contributed by atoms with van der Waals surface area (Å²) < 4.78 is 5.94. The van der Waals surface area contributed by atoms with E-state index in [0.717, 1.165) is 42.7 Å². The van der Waals surface area contributed by atoms with Crippen LogP contribution in [0.1, 0.15) is 26.2 Å². The van der Waals surface area contributed by atoms with Gasteiger partial charge in [0, 0.05) is 30.6 Å². The number of nitrogens with one attached hydrogen (secondary N) is 2. The summed E-state index contributed by atoms with van der Waals surface area (Å²) in [6, 6.07) is 7.75. The Morgan fingerprint density at radius 3 is 3.10 bits per heavy atom. The minimum atomic E-state index is -0.147. The van der Waals surface area contributed by atoms with Crippen LogP contribution in [0.25, 0.3) is 21.3 Å². The summed E-state index contributed by atoms with van der Waals surface area (Å²) >= 11 is 1.39. The summed E-state index contributed by atoms with van der Waals surface area (Å²) in [6.45, 7) is 4.06. The first-order valence-electron chi connectivity index (χ1n) is 10.3.